The predicted molar refractivity (Wildman–Crippen MR) is 110 cm³/mol. The number of hydrogen-bond donors (Lipinski definition) is 0. The van der Waals surface area contributed by atoms with E-state index in [-0.39, 0.29) is 5.91 Å². The van der Waals surface area contributed by atoms with Crippen LogP contribution in [0.1, 0.15) is 12.3 Å². The normalized spacial score (nSPS) is 10.7. The molecular weight excluding hydrogens is 399 g/mol. The minimum Gasteiger partial charge on any atom is -0.490 e. The number of carbonyl (C=O) groups excluding carboxylic acids is 1. The lowest BCUT2D eigenvalue weighted by Gasteiger charge is -2.17. The number of rotatable bonds is 8. The summed E-state index contributed by atoms with van der Waals surface area (Å²) in [7, 11) is 1.74. The van der Waals surface area contributed by atoms with Crippen molar-refractivity contribution in [1.29, 1.82) is 0 Å². The molecule has 0 aliphatic rings. The SMILES string of the molecule is CN(CCOc1ccccc1Cl)C(=O)CCc1ncc(-c2ccccc2Cl)o1. The molecule has 0 unspecified atom stereocenters. The first kappa shape index (κ1) is 20.2. The van der Waals surface area contributed by atoms with Gasteiger partial charge in [0.15, 0.2) is 11.7 Å². The van der Waals surface area contributed by atoms with Crippen LogP contribution in [0.25, 0.3) is 11.3 Å². The summed E-state index contributed by atoms with van der Waals surface area (Å²) in [6, 6.07) is 14.6. The van der Waals surface area contributed by atoms with Crippen LogP contribution in [0.5, 0.6) is 5.75 Å². The van der Waals surface area contributed by atoms with Crippen molar-refractivity contribution >= 4 is 29.1 Å². The predicted octanol–water partition coefficient (Wildman–Crippen LogP) is 5.12. The third kappa shape index (κ3) is 5.27. The van der Waals surface area contributed by atoms with Crippen LogP contribution in [0, 0.1) is 0 Å². The van der Waals surface area contributed by atoms with Crippen LogP contribution in [0.15, 0.2) is 59.1 Å². The molecule has 0 saturated carbocycles. The summed E-state index contributed by atoms with van der Waals surface area (Å²) < 4.78 is 11.3. The molecule has 1 heterocycles. The van der Waals surface area contributed by atoms with E-state index in [0.29, 0.717) is 53.4 Å². The molecular formula is C21H20Cl2N2O3. The zero-order valence-electron chi connectivity index (χ0n) is 15.4. The Kier molecular flexibility index (Phi) is 6.95. The number of aromatic nitrogens is 1. The van der Waals surface area contributed by atoms with E-state index in [4.69, 9.17) is 32.4 Å². The summed E-state index contributed by atoms with van der Waals surface area (Å²) in [6.07, 6.45) is 2.34. The van der Waals surface area contributed by atoms with E-state index in [1.54, 1.807) is 36.3 Å². The molecule has 0 spiro atoms. The van der Waals surface area contributed by atoms with Crippen LogP contribution in [0.3, 0.4) is 0 Å². The Bertz CT molecular complexity index is 943. The molecule has 0 atom stereocenters. The van der Waals surface area contributed by atoms with E-state index in [1.165, 1.54) is 0 Å². The average molecular weight is 419 g/mol. The molecule has 2 aromatic carbocycles. The Labute approximate surface area is 173 Å². The van der Waals surface area contributed by atoms with Gasteiger partial charge in [0, 0.05) is 25.5 Å². The van der Waals surface area contributed by atoms with Gasteiger partial charge in [0.2, 0.25) is 5.91 Å². The number of likely N-dealkylation sites (N-methyl/N-ethyl adjacent to an activating group) is 1. The Morgan fingerprint density at radius 1 is 1.11 bits per heavy atom. The number of aryl methyl sites for hydroxylation is 1. The summed E-state index contributed by atoms with van der Waals surface area (Å²) in [5, 5.41) is 1.15. The third-order valence-corrected chi connectivity index (χ3v) is 4.83. The molecule has 3 aromatic rings. The second kappa shape index (κ2) is 9.62. The summed E-state index contributed by atoms with van der Waals surface area (Å²) in [5.74, 6) is 1.69. The van der Waals surface area contributed by atoms with Crippen LogP contribution in [0.4, 0.5) is 0 Å². The topological polar surface area (TPSA) is 55.6 Å². The van der Waals surface area contributed by atoms with Crippen molar-refractivity contribution in [2.75, 3.05) is 20.2 Å². The fourth-order valence-electron chi connectivity index (χ4n) is 2.60. The molecule has 0 aliphatic heterocycles. The number of nitrogens with zero attached hydrogens (tertiary/aromatic N) is 2. The van der Waals surface area contributed by atoms with Gasteiger partial charge in [-0.2, -0.15) is 0 Å². The van der Waals surface area contributed by atoms with Crippen molar-refractivity contribution in [2.45, 2.75) is 12.8 Å². The van der Waals surface area contributed by atoms with E-state index < -0.39 is 0 Å². The number of amides is 1. The number of ether oxygens (including phenoxy) is 1. The standard InChI is InChI=1S/C21H20Cl2N2O3/c1-25(12-13-27-18-9-5-4-8-17(18)23)21(26)11-10-20-24-14-19(28-20)15-6-2-3-7-16(15)22/h2-9,14H,10-13H2,1H3. The van der Waals surface area contributed by atoms with Crippen molar-refractivity contribution in [3.8, 4) is 17.1 Å². The maximum Gasteiger partial charge on any atom is 0.222 e. The number of hydrogen-bond acceptors (Lipinski definition) is 4. The van der Waals surface area contributed by atoms with Gasteiger partial charge in [-0.3, -0.25) is 4.79 Å². The monoisotopic (exact) mass is 418 g/mol. The van der Waals surface area contributed by atoms with Crippen LogP contribution in [0.2, 0.25) is 10.0 Å². The highest BCUT2D eigenvalue weighted by molar-refractivity contribution is 6.33. The molecule has 7 heteroatoms. The Hall–Kier alpha value is -2.50. The van der Waals surface area contributed by atoms with Gasteiger partial charge >= 0.3 is 0 Å². The Morgan fingerprint density at radius 2 is 1.82 bits per heavy atom. The molecule has 0 saturated heterocycles. The van der Waals surface area contributed by atoms with Gasteiger partial charge in [0.05, 0.1) is 22.8 Å². The molecule has 0 bridgehead atoms. The minimum atomic E-state index is -0.0137. The van der Waals surface area contributed by atoms with Crippen LogP contribution in [-0.2, 0) is 11.2 Å². The highest BCUT2D eigenvalue weighted by atomic mass is 35.5. The second-order valence-electron chi connectivity index (χ2n) is 6.19. The van der Waals surface area contributed by atoms with Crippen LogP contribution < -0.4 is 4.74 Å². The zero-order chi connectivity index (χ0) is 19.9. The van der Waals surface area contributed by atoms with E-state index in [1.807, 2.05) is 30.3 Å². The van der Waals surface area contributed by atoms with Gasteiger partial charge in [-0.05, 0) is 24.3 Å². The summed E-state index contributed by atoms with van der Waals surface area (Å²) in [6.45, 7) is 0.822. The largest absolute Gasteiger partial charge is 0.490 e. The summed E-state index contributed by atoms with van der Waals surface area (Å²) in [4.78, 5) is 18.2. The highest BCUT2D eigenvalue weighted by Gasteiger charge is 2.13. The molecule has 0 N–H and O–H groups in total. The van der Waals surface area contributed by atoms with E-state index >= 15 is 0 Å². The Balaban J connectivity index is 1.46. The first-order chi connectivity index (χ1) is 13.5. The van der Waals surface area contributed by atoms with Crippen molar-refractivity contribution in [3.63, 3.8) is 0 Å². The lowest BCUT2D eigenvalue weighted by Crippen LogP contribution is -2.31. The van der Waals surface area contributed by atoms with E-state index in [2.05, 4.69) is 4.98 Å². The molecule has 5 nitrogen and oxygen atoms in total. The lowest BCUT2D eigenvalue weighted by molar-refractivity contribution is -0.130. The summed E-state index contributed by atoms with van der Waals surface area (Å²) in [5.41, 5.74) is 0.781. The second-order valence-corrected chi connectivity index (χ2v) is 7.01. The maximum atomic E-state index is 12.3. The Morgan fingerprint density at radius 3 is 2.57 bits per heavy atom. The third-order valence-electron chi connectivity index (χ3n) is 4.19. The molecule has 0 radical (unpaired) electrons. The van der Waals surface area contributed by atoms with Gasteiger partial charge in [0.1, 0.15) is 12.4 Å². The minimum absolute atomic E-state index is 0.0137. The molecule has 0 aliphatic carbocycles. The smallest absolute Gasteiger partial charge is 0.222 e. The number of halogens is 2. The van der Waals surface area contributed by atoms with Gasteiger partial charge in [0.25, 0.3) is 0 Å². The molecule has 28 heavy (non-hydrogen) atoms. The van der Waals surface area contributed by atoms with E-state index in [9.17, 15) is 4.79 Å². The number of carbonyl (C=O) groups is 1. The van der Waals surface area contributed by atoms with Crippen molar-refractivity contribution in [1.82, 2.24) is 9.88 Å². The summed E-state index contributed by atoms with van der Waals surface area (Å²) >= 11 is 12.2. The number of oxazole rings is 1. The quantitative estimate of drug-likeness (QED) is 0.509. The fourth-order valence-corrected chi connectivity index (χ4v) is 3.01. The van der Waals surface area contributed by atoms with Crippen LogP contribution >= 0.6 is 23.2 Å². The number of para-hydroxylation sites is 1. The maximum absolute atomic E-state index is 12.3. The number of benzene rings is 2. The van der Waals surface area contributed by atoms with Gasteiger partial charge in [-0.15, -0.1) is 0 Å². The van der Waals surface area contributed by atoms with Crippen LogP contribution in [-0.4, -0.2) is 36.0 Å². The molecule has 146 valence electrons. The molecule has 3 rings (SSSR count). The van der Waals surface area contributed by atoms with Gasteiger partial charge in [-0.25, -0.2) is 4.98 Å². The average Bonchev–Trinajstić information content (AvgIpc) is 3.16. The van der Waals surface area contributed by atoms with Crippen molar-refractivity contribution in [2.24, 2.45) is 0 Å². The fraction of sp³-hybridized carbons (Fsp3) is 0.238. The van der Waals surface area contributed by atoms with Crippen molar-refractivity contribution in [3.05, 3.63) is 70.7 Å². The molecule has 0 fully saturated rings. The highest BCUT2D eigenvalue weighted by Crippen LogP contribution is 2.28. The first-order valence-corrected chi connectivity index (χ1v) is 9.61. The van der Waals surface area contributed by atoms with Crippen molar-refractivity contribution < 1.29 is 13.9 Å². The van der Waals surface area contributed by atoms with Gasteiger partial charge < -0.3 is 14.1 Å². The van der Waals surface area contributed by atoms with E-state index in [0.717, 1.165) is 5.56 Å². The van der Waals surface area contributed by atoms with Gasteiger partial charge in [-0.1, -0.05) is 47.5 Å². The molecule has 1 aromatic heterocycles. The zero-order valence-corrected chi connectivity index (χ0v) is 16.9. The molecule has 1 amide bonds. The first-order valence-electron chi connectivity index (χ1n) is 8.85. The lowest BCUT2D eigenvalue weighted by atomic mass is 10.2.